The third-order valence-corrected chi connectivity index (χ3v) is 5.50. The number of anilines is 1. The van der Waals surface area contributed by atoms with Gasteiger partial charge < -0.3 is 15.3 Å². The average Bonchev–Trinajstić information content (AvgIpc) is 3.37. The number of phenolic OH excluding ortho intramolecular Hbond substituents is 1. The summed E-state index contributed by atoms with van der Waals surface area (Å²) in [5.74, 6) is 0.707. The monoisotopic (exact) mass is 426 g/mol. The van der Waals surface area contributed by atoms with Gasteiger partial charge >= 0.3 is 0 Å². The number of benzene rings is 1. The van der Waals surface area contributed by atoms with E-state index in [-0.39, 0.29) is 11.8 Å². The molecule has 3 aromatic rings. The lowest BCUT2D eigenvalue weighted by molar-refractivity contribution is 0.327. The van der Waals surface area contributed by atoms with E-state index in [2.05, 4.69) is 27.2 Å². The fourth-order valence-corrected chi connectivity index (χ4v) is 4.12. The van der Waals surface area contributed by atoms with E-state index in [4.69, 9.17) is 16.6 Å². The van der Waals surface area contributed by atoms with E-state index in [9.17, 15) is 5.11 Å². The molecule has 158 valence electrons. The number of aromatic hydroxyl groups is 1. The average molecular weight is 427 g/mol. The summed E-state index contributed by atoms with van der Waals surface area (Å²) in [6, 6.07) is 7.10. The molecule has 1 atom stereocenters. The minimum absolute atomic E-state index is 0.107. The molecule has 1 unspecified atom stereocenters. The highest BCUT2D eigenvalue weighted by Crippen LogP contribution is 2.34. The first-order chi connectivity index (χ1) is 14.5. The molecule has 30 heavy (non-hydrogen) atoms. The molecule has 1 aromatic carbocycles. The summed E-state index contributed by atoms with van der Waals surface area (Å²) in [6.45, 7) is 8.22. The van der Waals surface area contributed by atoms with Crippen LogP contribution >= 0.6 is 11.6 Å². The zero-order valence-electron chi connectivity index (χ0n) is 17.3. The summed E-state index contributed by atoms with van der Waals surface area (Å²) in [7, 11) is 0. The molecule has 4 rings (SSSR count). The summed E-state index contributed by atoms with van der Waals surface area (Å²) in [5, 5.41) is 18.5. The second-order valence-corrected chi connectivity index (χ2v) is 8.20. The summed E-state index contributed by atoms with van der Waals surface area (Å²) in [5.41, 5.74) is 3.12. The topological polar surface area (TPSA) is 79.1 Å². The number of hydrogen-bond donors (Lipinski definition) is 2. The van der Waals surface area contributed by atoms with Crippen molar-refractivity contribution in [3.63, 3.8) is 0 Å². The zero-order valence-corrected chi connectivity index (χ0v) is 18.1. The van der Waals surface area contributed by atoms with Crippen LogP contribution in [0.1, 0.15) is 26.7 Å². The highest BCUT2D eigenvalue weighted by molar-refractivity contribution is 6.31. The number of aryl methyl sites for hydroxylation is 1. The Bertz CT molecular complexity index is 994. The third kappa shape index (κ3) is 4.74. The summed E-state index contributed by atoms with van der Waals surface area (Å²) >= 11 is 6.16. The van der Waals surface area contributed by atoms with E-state index in [1.807, 2.05) is 23.9 Å². The predicted octanol–water partition coefficient (Wildman–Crippen LogP) is 4.28. The van der Waals surface area contributed by atoms with Crippen molar-refractivity contribution >= 4 is 17.5 Å². The van der Waals surface area contributed by atoms with Gasteiger partial charge in [-0.2, -0.15) is 5.10 Å². The van der Waals surface area contributed by atoms with Crippen molar-refractivity contribution in [1.29, 1.82) is 0 Å². The van der Waals surface area contributed by atoms with Crippen LogP contribution in [0, 0.1) is 0 Å². The van der Waals surface area contributed by atoms with Gasteiger partial charge in [-0.25, -0.2) is 9.97 Å². The van der Waals surface area contributed by atoms with Gasteiger partial charge in [-0.3, -0.25) is 4.68 Å². The molecule has 1 saturated heterocycles. The van der Waals surface area contributed by atoms with Crippen LogP contribution in [0.2, 0.25) is 5.02 Å². The van der Waals surface area contributed by atoms with E-state index >= 15 is 0 Å². The lowest BCUT2D eigenvalue weighted by atomic mass is 10.1. The fraction of sp³-hybridized carbons (Fsp3) is 0.409. The van der Waals surface area contributed by atoms with Crippen LogP contribution in [0.5, 0.6) is 5.75 Å². The van der Waals surface area contributed by atoms with Gasteiger partial charge in [-0.05, 0) is 64.0 Å². The summed E-state index contributed by atoms with van der Waals surface area (Å²) in [6.07, 6.45) is 6.28. The molecule has 0 saturated carbocycles. The van der Waals surface area contributed by atoms with Gasteiger partial charge in [0.1, 0.15) is 11.4 Å². The van der Waals surface area contributed by atoms with Crippen LogP contribution in [-0.4, -0.2) is 55.4 Å². The Labute approximate surface area is 181 Å². The maximum Gasteiger partial charge on any atom is 0.223 e. The Kier molecular flexibility index (Phi) is 6.20. The second-order valence-electron chi connectivity index (χ2n) is 7.76. The molecule has 1 fully saturated rings. The van der Waals surface area contributed by atoms with Crippen molar-refractivity contribution < 1.29 is 5.11 Å². The molecular weight excluding hydrogens is 400 g/mol. The molecule has 1 aliphatic rings. The van der Waals surface area contributed by atoms with Crippen molar-refractivity contribution in [2.45, 2.75) is 39.3 Å². The highest BCUT2D eigenvalue weighted by Gasteiger charge is 2.18. The lowest BCUT2D eigenvalue weighted by Crippen LogP contribution is -2.33. The van der Waals surface area contributed by atoms with E-state index < -0.39 is 0 Å². The van der Waals surface area contributed by atoms with Crippen molar-refractivity contribution in [3.05, 3.63) is 41.7 Å². The maximum absolute atomic E-state index is 9.98. The van der Waals surface area contributed by atoms with Crippen molar-refractivity contribution in [3.8, 4) is 28.3 Å². The SMILES string of the molecule is CCn1cc(-c2ccnc(NC(C)CN3CCCC3)n2)c(-c2cc(O)cc(Cl)c2)n1. The Morgan fingerprint density at radius 1 is 1.23 bits per heavy atom. The normalized spacial score (nSPS) is 15.4. The van der Waals surface area contributed by atoms with Gasteiger partial charge in [0.2, 0.25) is 5.95 Å². The van der Waals surface area contributed by atoms with E-state index in [0.717, 1.165) is 35.6 Å². The van der Waals surface area contributed by atoms with Gasteiger partial charge in [0.05, 0.1) is 5.69 Å². The van der Waals surface area contributed by atoms with Crippen LogP contribution in [-0.2, 0) is 6.54 Å². The van der Waals surface area contributed by atoms with Crippen molar-refractivity contribution in [2.75, 3.05) is 25.0 Å². The molecule has 0 amide bonds. The first-order valence-corrected chi connectivity index (χ1v) is 10.8. The first kappa shape index (κ1) is 20.6. The predicted molar refractivity (Wildman–Crippen MR) is 120 cm³/mol. The Hall–Kier alpha value is -2.64. The third-order valence-electron chi connectivity index (χ3n) is 5.28. The van der Waals surface area contributed by atoms with Gasteiger partial charge in [0.15, 0.2) is 0 Å². The molecule has 7 nitrogen and oxygen atoms in total. The van der Waals surface area contributed by atoms with Crippen LogP contribution in [0.4, 0.5) is 5.95 Å². The highest BCUT2D eigenvalue weighted by atomic mass is 35.5. The number of nitrogens with one attached hydrogen (secondary N) is 1. The van der Waals surface area contributed by atoms with Crippen LogP contribution in [0.15, 0.2) is 36.7 Å². The molecule has 2 aromatic heterocycles. The van der Waals surface area contributed by atoms with Crippen LogP contribution in [0.3, 0.4) is 0 Å². The molecule has 0 bridgehead atoms. The number of nitrogens with zero attached hydrogens (tertiary/aromatic N) is 5. The smallest absolute Gasteiger partial charge is 0.223 e. The standard InChI is InChI=1S/C22H27ClN6O/c1-3-29-14-19(21(27-29)16-10-17(23)12-18(30)11-16)20-6-7-24-22(26-20)25-15(2)13-28-8-4-5-9-28/h6-7,10-12,14-15,30H,3-5,8-9,13H2,1-2H3,(H,24,25,26). The maximum atomic E-state index is 9.98. The second kappa shape index (κ2) is 9.02. The number of rotatable bonds is 7. The Morgan fingerprint density at radius 2 is 2.03 bits per heavy atom. The minimum Gasteiger partial charge on any atom is -0.508 e. The Morgan fingerprint density at radius 3 is 2.77 bits per heavy atom. The minimum atomic E-state index is 0.107. The molecule has 2 N–H and O–H groups in total. The quantitative estimate of drug-likeness (QED) is 0.587. The van der Waals surface area contributed by atoms with Gasteiger partial charge in [0, 0.05) is 47.7 Å². The van der Waals surface area contributed by atoms with E-state index in [0.29, 0.717) is 11.0 Å². The molecular formula is C22H27ClN6O. The Balaban J connectivity index is 1.62. The van der Waals surface area contributed by atoms with Crippen LogP contribution < -0.4 is 5.32 Å². The lowest BCUT2D eigenvalue weighted by Gasteiger charge is -2.21. The van der Waals surface area contributed by atoms with Gasteiger partial charge in [-0.1, -0.05) is 11.6 Å². The zero-order chi connectivity index (χ0) is 21.1. The summed E-state index contributed by atoms with van der Waals surface area (Å²) < 4.78 is 1.85. The van der Waals surface area contributed by atoms with Crippen molar-refractivity contribution in [2.24, 2.45) is 0 Å². The molecule has 0 aliphatic carbocycles. The number of halogens is 1. The summed E-state index contributed by atoms with van der Waals surface area (Å²) in [4.78, 5) is 11.6. The molecule has 3 heterocycles. The van der Waals surface area contributed by atoms with Crippen molar-refractivity contribution in [1.82, 2.24) is 24.6 Å². The fourth-order valence-electron chi connectivity index (χ4n) is 3.89. The number of likely N-dealkylation sites (tertiary alicyclic amines) is 1. The molecule has 8 heteroatoms. The van der Waals surface area contributed by atoms with Crippen LogP contribution in [0.25, 0.3) is 22.5 Å². The number of phenols is 1. The first-order valence-electron chi connectivity index (χ1n) is 10.4. The molecule has 1 aliphatic heterocycles. The van der Waals surface area contributed by atoms with E-state index in [1.54, 1.807) is 18.3 Å². The number of aromatic nitrogens is 4. The molecule has 0 spiro atoms. The molecule has 0 radical (unpaired) electrons. The van der Waals surface area contributed by atoms with Gasteiger partial charge in [0.25, 0.3) is 0 Å². The number of hydrogen-bond acceptors (Lipinski definition) is 6. The largest absolute Gasteiger partial charge is 0.508 e. The van der Waals surface area contributed by atoms with Gasteiger partial charge in [-0.15, -0.1) is 0 Å². The van der Waals surface area contributed by atoms with E-state index in [1.165, 1.54) is 32.0 Å².